The molecule has 1 N–H and O–H groups in total. The molecule has 7 heteroatoms. The summed E-state index contributed by atoms with van der Waals surface area (Å²) >= 11 is 6.24. The molecule has 0 radical (unpaired) electrons. The lowest BCUT2D eigenvalue weighted by Crippen LogP contribution is -2.37. The molecule has 3 aromatic heterocycles. The van der Waals surface area contributed by atoms with E-state index >= 15 is 0 Å². The van der Waals surface area contributed by atoms with Gasteiger partial charge in [0.2, 0.25) is 0 Å². The first-order valence-corrected chi connectivity index (χ1v) is 10.5. The number of H-pyrrole nitrogens is 1. The van der Waals surface area contributed by atoms with Crippen molar-refractivity contribution in [2.75, 3.05) is 13.1 Å². The molecule has 4 heterocycles. The summed E-state index contributed by atoms with van der Waals surface area (Å²) < 4.78 is 1.76. The molecular formula is C23H22ClN5O. The molecule has 1 aromatic carbocycles. The minimum Gasteiger partial charge on any atom is -0.346 e. The third-order valence-corrected chi connectivity index (χ3v) is 6.24. The molecule has 0 aliphatic carbocycles. The van der Waals surface area contributed by atoms with Crippen LogP contribution in [0.3, 0.4) is 0 Å². The third kappa shape index (κ3) is 3.59. The maximum absolute atomic E-state index is 13.0. The zero-order valence-corrected chi connectivity index (χ0v) is 17.2. The Hall–Kier alpha value is -3.12. The van der Waals surface area contributed by atoms with Crippen molar-refractivity contribution < 1.29 is 4.79 Å². The number of pyridine rings is 1. The highest BCUT2D eigenvalue weighted by molar-refractivity contribution is 6.31. The number of piperidine rings is 1. The Balaban J connectivity index is 1.24. The van der Waals surface area contributed by atoms with Gasteiger partial charge in [-0.3, -0.25) is 9.48 Å². The van der Waals surface area contributed by atoms with Crippen LogP contribution in [-0.2, 0) is 6.54 Å². The number of amides is 1. The maximum atomic E-state index is 13.0. The van der Waals surface area contributed by atoms with Crippen LogP contribution in [0.2, 0.25) is 5.02 Å². The average Bonchev–Trinajstić information content (AvgIpc) is 3.42. The van der Waals surface area contributed by atoms with E-state index in [-0.39, 0.29) is 5.91 Å². The Morgan fingerprint density at radius 3 is 2.83 bits per heavy atom. The first-order valence-electron chi connectivity index (χ1n) is 10.2. The van der Waals surface area contributed by atoms with Crippen molar-refractivity contribution in [1.82, 2.24) is 24.6 Å². The van der Waals surface area contributed by atoms with Gasteiger partial charge in [0.25, 0.3) is 5.91 Å². The van der Waals surface area contributed by atoms with Gasteiger partial charge in [0.05, 0.1) is 18.3 Å². The number of nitrogens with zero attached hydrogens (tertiary/aromatic N) is 4. The van der Waals surface area contributed by atoms with Crippen LogP contribution in [0.4, 0.5) is 0 Å². The Bertz CT molecular complexity index is 1190. The number of carbonyl (C=O) groups is 1. The van der Waals surface area contributed by atoms with Gasteiger partial charge >= 0.3 is 0 Å². The van der Waals surface area contributed by atoms with Crippen LogP contribution in [-0.4, -0.2) is 43.6 Å². The number of likely N-dealkylation sites (tertiary alicyclic amines) is 1. The van der Waals surface area contributed by atoms with Crippen molar-refractivity contribution >= 4 is 28.5 Å². The van der Waals surface area contributed by atoms with Crippen molar-refractivity contribution in [3.8, 4) is 0 Å². The number of rotatable bonds is 4. The number of hydrogen-bond donors (Lipinski definition) is 1. The minimum absolute atomic E-state index is 0.0412. The van der Waals surface area contributed by atoms with Crippen molar-refractivity contribution in [2.45, 2.75) is 25.3 Å². The Kier molecular flexibility index (Phi) is 5.01. The van der Waals surface area contributed by atoms with Crippen LogP contribution in [0, 0.1) is 0 Å². The molecule has 0 saturated carbocycles. The van der Waals surface area contributed by atoms with Gasteiger partial charge in [0, 0.05) is 42.1 Å². The number of hydrogen-bond acceptors (Lipinski definition) is 3. The van der Waals surface area contributed by atoms with Crippen LogP contribution < -0.4 is 0 Å². The van der Waals surface area contributed by atoms with E-state index in [4.69, 9.17) is 11.6 Å². The Morgan fingerprint density at radius 1 is 1.17 bits per heavy atom. The van der Waals surface area contributed by atoms with E-state index in [0.29, 0.717) is 23.0 Å². The normalized spacial score (nSPS) is 15.0. The van der Waals surface area contributed by atoms with Crippen LogP contribution in [0.15, 0.2) is 61.2 Å². The fourth-order valence-electron chi connectivity index (χ4n) is 4.25. The molecule has 152 valence electrons. The topological polar surface area (TPSA) is 66.8 Å². The standard InChI is InChI=1S/C23H22ClN5O/c24-21-6-2-1-4-17(21)14-29-15-18(12-27-29)23(30)28-10-7-16(8-11-28)20-13-26-22-19(20)5-3-9-25-22/h1-6,9,12-13,15-16H,7-8,10-11,14H2,(H,25,26). The van der Waals surface area contributed by atoms with E-state index in [2.05, 4.69) is 27.3 Å². The maximum Gasteiger partial charge on any atom is 0.257 e. The molecule has 0 bridgehead atoms. The Labute approximate surface area is 179 Å². The lowest BCUT2D eigenvalue weighted by molar-refractivity contribution is 0.0713. The van der Waals surface area contributed by atoms with Gasteiger partial charge in [0.15, 0.2) is 0 Å². The second kappa shape index (κ2) is 7.95. The third-order valence-electron chi connectivity index (χ3n) is 5.88. The summed E-state index contributed by atoms with van der Waals surface area (Å²) in [7, 11) is 0. The number of fused-ring (bicyclic) bond motifs is 1. The largest absolute Gasteiger partial charge is 0.346 e. The molecule has 1 aliphatic heterocycles. The Morgan fingerprint density at radius 2 is 2.00 bits per heavy atom. The monoisotopic (exact) mass is 419 g/mol. The number of benzene rings is 1. The zero-order valence-electron chi connectivity index (χ0n) is 16.5. The predicted octanol–water partition coefficient (Wildman–Crippen LogP) is 4.48. The van der Waals surface area contributed by atoms with Gasteiger partial charge in [-0.15, -0.1) is 0 Å². The molecule has 1 amide bonds. The summed E-state index contributed by atoms with van der Waals surface area (Å²) in [4.78, 5) is 22.5. The number of aromatic amines is 1. The predicted molar refractivity (Wildman–Crippen MR) is 117 cm³/mol. The molecule has 1 saturated heterocycles. The van der Waals surface area contributed by atoms with Crippen LogP contribution in [0.1, 0.15) is 40.2 Å². The van der Waals surface area contributed by atoms with Gasteiger partial charge in [-0.25, -0.2) is 4.98 Å². The summed E-state index contributed by atoms with van der Waals surface area (Å²) in [6.07, 6.45) is 9.22. The van der Waals surface area contributed by atoms with E-state index in [1.807, 2.05) is 41.4 Å². The molecule has 5 rings (SSSR count). The summed E-state index contributed by atoms with van der Waals surface area (Å²) in [5, 5.41) is 6.25. The summed E-state index contributed by atoms with van der Waals surface area (Å²) in [6, 6.07) is 11.8. The number of carbonyl (C=O) groups excluding carboxylic acids is 1. The van der Waals surface area contributed by atoms with Crippen molar-refractivity contribution in [2.24, 2.45) is 0 Å². The van der Waals surface area contributed by atoms with Crippen LogP contribution >= 0.6 is 11.6 Å². The summed E-state index contributed by atoms with van der Waals surface area (Å²) in [5.41, 5.74) is 3.83. The van der Waals surface area contributed by atoms with E-state index in [0.717, 1.165) is 37.1 Å². The number of nitrogens with one attached hydrogen (secondary N) is 1. The van der Waals surface area contributed by atoms with Crippen LogP contribution in [0.25, 0.3) is 11.0 Å². The molecule has 0 atom stereocenters. The van der Waals surface area contributed by atoms with Crippen molar-refractivity contribution in [3.05, 3.63) is 82.9 Å². The van der Waals surface area contributed by atoms with Gasteiger partial charge in [-0.05, 0) is 48.1 Å². The molecule has 30 heavy (non-hydrogen) atoms. The molecule has 1 aliphatic rings. The number of aromatic nitrogens is 4. The second-order valence-electron chi connectivity index (χ2n) is 7.73. The lowest BCUT2D eigenvalue weighted by atomic mass is 9.89. The van der Waals surface area contributed by atoms with E-state index in [1.165, 1.54) is 10.9 Å². The zero-order chi connectivity index (χ0) is 20.5. The van der Waals surface area contributed by atoms with Crippen LogP contribution in [0.5, 0.6) is 0 Å². The first kappa shape index (κ1) is 18.9. The molecular weight excluding hydrogens is 398 g/mol. The molecule has 6 nitrogen and oxygen atoms in total. The highest BCUT2D eigenvalue weighted by Crippen LogP contribution is 2.32. The molecule has 1 fully saturated rings. The molecule has 0 spiro atoms. The second-order valence-corrected chi connectivity index (χ2v) is 8.14. The summed E-state index contributed by atoms with van der Waals surface area (Å²) in [6.45, 7) is 2.03. The quantitative estimate of drug-likeness (QED) is 0.530. The fourth-order valence-corrected chi connectivity index (χ4v) is 4.45. The lowest BCUT2D eigenvalue weighted by Gasteiger charge is -2.31. The highest BCUT2D eigenvalue weighted by Gasteiger charge is 2.26. The van der Waals surface area contributed by atoms with Gasteiger partial charge in [-0.2, -0.15) is 5.10 Å². The van der Waals surface area contributed by atoms with Gasteiger partial charge in [0.1, 0.15) is 5.65 Å². The minimum atomic E-state index is 0.0412. The van der Waals surface area contributed by atoms with E-state index in [9.17, 15) is 4.79 Å². The van der Waals surface area contributed by atoms with Crippen molar-refractivity contribution in [1.29, 1.82) is 0 Å². The average molecular weight is 420 g/mol. The fraction of sp³-hybridized carbons (Fsp3) is 0.261. The van der Waals surface area contributed by atoms with Gasteiger partial charge < -0.3 is 9.88 Å². The van der Waals surface area contributed by atoms with Crippen molar-refractivity contribution in [3.63, 3.8) is 0 Å². The summed E-state index contributed by atoms with van der Waals surface area (Å²) in [5.74, 6) is 0.481. The molecule has 0 unspecified atom stereocenters. The highest BCUT2D eigenvalue weighted by atomic mass is 35.5. The van der Waals surface area contributed by atoms with E-state index in [1.54, 1.807) is 17.1 Å². The van der Waals surface area contributed by atoms with E-state index < -0.39 is 0 Å². The SMILES string of the molecule is O=C(c1cnn(Cc2ccccc2Cl)c1)N1CCC(c2c[nH]c3ncccc23)CC1. The smallest absolute Gasteiger partial charge is 0.257 e. The molecule has 4 aromatic rings. The van der Waals surface area contributed by atoms with Gasteiger partial charge in [-0.1, -0.05) is 29.8 Å². The first-order chi connectivity index (χ1) is 14.7. The number of halogens is 1.